The number of aromatic nitrogens is 3. The topological polar surface area (TPSA) is 68.0 Å². The van der Waals surface area contributed by atoms with Gasteiger partial charge in [0.25, 0.3) is 0 Å². The van der Waals surface area contributed by atoms with Crippen molar-refractivity contribution in [2.24, 2.45) is 0 Å². The number of benzene rings is 1. The van der Waals surface area contributed by atoms with Crippen molar-refractivity contribution in [2.45, 2.75) is 26.6 Å². The molecule has 0 aliphatic carbocycles. The average Bonchev–Trinajstić information content (AvgIpc) is 3.11. The lowest BCUT2D eigenvalue weighted by Gasteiger charge is -2.08. The highest BCUT2D eigenvalue weighted by molar-refractivity contribution is 7.17. The van der Waals surface area contributed by atoms with E-state index in [2.05, 4.69) is 10.1 Å². The third kappa shape index (κ3) is 3.62. The maximum atomic E-state index is 12.6. The van der Waals surface area contributed by atoms with Crippen LogP contribution in [0.4, 0.5) is 13.2 Å². The summed E-state index contributed by atoms with van der Waals surface area (Å²) in [6.45, 7) is 3.74. The van der Waals surface area contributed by atoms with Crippen LogP contribution in [0, 0.1) is 13.8 Å². The number of nitrogens with zero attached hydrogens (tertiary/aromatic N) is 3. The summed E-state index contributed by atoms with van der Waals surface area (Å²) < 4.78 is 39.5. The molecule has 0 amide bonds. The Morgan fingerprint density at radius 1 is 1.23 bits per heavy atom. The minimum Gasteiger partial charge on any atom is -0.477 e. The van der Waals surface area contributed by atoms with Gasteiger partial charge in [-0.1, -0.05) is 12.1 Å². The number of halogens is 3. The Labute approximate surface area is 150 Å². The zero-order valence-electron chi connectivity index (χ0n) is 13.8. The van der Waals surface area contributed by atoms with Crippen molar-refractivity contribution in [3.8, 4) is 10.7 Å². The van der Waals surface area contributed by atoms with Crippen molar-refractivity contribution in [3.63, 3.8) is 0 Å². The number of alkyl halides is 3. The summed E-state index contributed by atoms with van der Waals surface area (Å²) >= 11 is 1.04. The molecule has 0 radical (unpaired) electrons. The van der Waals surface area contributed by atoms with Gasteiger partial charge in [0.15, 0.2) is 0 Å². The summed E-state index contributed by atoms with van der Waals surface area (Å²) in [6.07, 6.45) is -4.36. The van der Waals surface area contributed by atoms with Gasteiger partial charge in [-0.3, -0.25) is 4.68 Å². The zero-order chi connectivity index (χ0) is 19.1. The molecule has 1 N–H and O–H groups in total. The van der Waals surface area contributed by atoms with E-state index in [1.54, 1.807) is 17.7 Å². The summed E-state index contributed by atoms with van der Waals surface area (Å²) in [6, 6.07) is 6.68. The van der Waals surface area contributed by atoms with Crippen molar-refractivity contribution in [1.82, 2.24) is 14.8 Å². The smallest absolute Gasteiger partial charge is 0.416 e. The molecule has 0 saturated carbocycles. The minimum atomic E-state index is -4.36. The number of aromatic carboxylic acids is 1. The normalized spacial score (nSPS) is 11.7. The molecule has 5 nitrogen and oxygen atoms in total. The van der Waals surface area contributed by atoms with E-state index in [0.717, 1.165) is 29.2 Å². The number of thiazole rings is 1. The van der Waals surface area contributed by atoms with Crippen LogP contribution in [0.2, 0.25) is 0 Å². The Balaban J connectivity index is 1.85. The summed E-state index contributed by atoms with van der Waals surface area (Å²) in [5, 5.41) is 14.0. The molecule has 3 aromatic rings. The van der Waals surface area contributed by atoms with Gasteiger partial charge in [0.1, 0.15) is 15.6 Å². The second kappa shape index (κ2) is 6.56. The Morgan fingerprint density at radius 3 is 2.42 bits per heavy atom. The number of hydrogen-bond acceptors (Lipinski definition) is 4. The molecular formula is C17H14F3N3O2S. The van der Waals surface area contributed by atoms with E-state index in [9.17, 15) is 18.0 Å². The van der Waals surface area contributed by atoms with E-state index in [1.807, 2.05) is 6.92 Å². The first kappa shape index (κ1) is 18.1. The summed E-state index contributed by atoms with van der Waals surface area (Å²) in [7, 11) is 0. The first-order valence-corrected chi connectivity index (χ1v) is 8.38. The van der Waals surface area contributed by atoms with E-state index < -0.39 is 17.7 Å². The van der Waals surface area contributed by atoms with Crippen LogP contribution in [0.1, 0.15) is 32.2 Å². The van der Waals surface area contributed by atoms with Crippen LogP contribution in [-0.4, -0.2) is 25.8 Å². The molecule has 0 atom stereocenters. The standard InChI is InChI=1S/C17H14F3N3O2S/c1-9-7-13(15-21-10(2)14(26-15)16(24)25)22-23(9)8-11-3-5-12(6-4-11)17(18,19)20/h3-7H,8H2,1-2H3,(H,24,25). The summed E-state index contributed by atoms with van der Waals surface area (Å²) in [5.41, 5.74) is 1.74. The van der Waals surface area contributed by atoms with Crippen molar-refractivity contribution >= 4 is 17.3 Å². The fourth-order valence-corrected chi connectivity index (χ4v) is 3.31. The van der Waals surface area contributed by atoms with Gasteiger partial charge in [0.2, 0.25) is 0 Å². The van der Waals surface area contributed by atoms with Gasteiger partial charge in [-0.05, 0) is 37.6 Å². The van der Waals surface area contributed by atoms with Crippen LogP contribution in [0.5, 0.6) is 0 Å². The summed E-state index contributed by atoms with van der Waals surface area (Å²) in [5.74, 6) is -1.04. The molecule has 9 heteroatoms. The maximum Gasteiger partial charge on any atom is 0.416 e. The Bertz CT molecular complexity index is 959. The molecule has 0 unspecified atom stereocenters. The van der Waals surface area contributed by atoms with E-state index in [4.69, 9.17) is 5.11 Å². The van der Waals surface area contributed by atoms with Crippen molar-refractivity contribution in [3.05, 3.63) is 57.7 Å². The van der Waals surface area contributed by atoms with E-state index in [-0.39, 0.29) is 4.88 Å². The van der Waals surface area contributed by atoms with Crippen LogP contribution < -0.4 is 0 Å². The molecule has 1 aromatic carbocycles. The molecule has 0 saturated heterocycles. The second-order valence-electron chi connectivity index (χ2n) is 5.76. The third-order valence-corrected chi connectivity index (χ3v) is 4.97. The number of rotatable bonds is 4. The molecule has 3 rings (SSSR count). The summed E-state index contributed by atoms with van der Waals surface area (Å²) in [4.78, 5) is 15.5. The molecule has 136 valence electrons. The van der Waals surface area contributed by atoms with Gasteiger partial charge in [0, 0.05) is 5.69 Å². The molecule has 0 aliphatic rings. The fraction of sp³-hybridized carbons (Fsp3) is 0.235. The molecule has 0 aliphatic heterocycles. The molecule has 26 heavy (non-hydrogen) atoms. The maximum absolute atomic E-state index is 12.6. The first-order valence-electron chi connectivity index (χ1n) is 7.57. The van der Waals surface area contributed by atoms with Crippen LogP contribution in [0.15, 0.2) is 30.3 Å². The van der Waals surface area contributed by atoms with Gasteiger partial charge >= 0.3 is 12.1 Å². The molecule has 0 fully saturated rings. The predicted molar refractivity (Wildman–Crippen MR) is 90.3 cm³/mol. The highest BCUT2D eigenvalue weighted by Gasteiger charge is 2.29. The van der Waals surface area contributed by atoms with Crippen LogP contribution in [0.25, 0.3) is 10.7 Å². The molecule has 2 aromatic heterocycles. The van der Waals surface area contributed by atoms with Gasteiger partial charge in [-0.2, -0.15) is 18.3 Å². The van der Waals surface area contributed by atoms with Gasteiger partial charge in [0.05, 0.1) is 17.8 Å². The number of carboxylic acids is 1. The number of carboxylic acid groups (broad SMARTS) is 1. The van der Waals surface area contributed by atoms with Gasteiger partial charge < -0.3 is 5.11 Å². The zero-order valence-corrected chi connectivity index (χ0v) is 14.6. The van der Waals surface area contributed by atoms with Crippen molar-refractivity contribution in [2.75, 3.05) is 0 Å². The van der Waals surface area contributed by atoms with Crippen LogP contribution in [0.3, 0.4) is 0 Å². The number of hydrogen-bond donors (Lipinski definition) is 1. The van der Waals surface area contributed by atoms with Crippen molar-refractivity contribution < 1.29 is 23.1 Å². The lowest BCUT2D eigenvalue weighted by Crippen LogP contribution is -2.07. The van der Waals surface area contributed by atoms with Crippen LogP contribution >= 0.6 is 11.3 Å². The SMILES string of the molecule is Cc1nc(-c2cc(C)n(Cc3ccc(C(F)(F)F)cc3)n2)sc1C(=O)O. The first-order chi connectivity index (χ1) is 12.1. The predicted octanol–water partition coefficient (Wildman–Crippen LogP) is 4.39. The second-order valence-corrected chi connectivity index (χ2v) is 6.76. The quantitative estimate of drug-likeness (QED) is 0.728. The average molecular weight is 381 g/mol. The molecular weight excluding hydrogens is 367 g/mol. The number of carbonyl (C=O) groups is 1. The Hall–Kier alpha value is -2.68. The lowest BCUT2D eigenvalue weighted by atomic mass is 10.1. The highest BCUT2D eigenvalue weighted by atomic mass is 32.1. The Kier molecular flexibility index (Phi) is 4.57. The van der Waals surface area contributed by atoms with E-state index in [1.165, 1.54) is 12.1 Å². The highest BCUT2D eigenvalue weighted by Crippen LogP contribution is 2.30. The van der Waals surface area contributed by atoms with Gasteiger partial charge in [-0.15, -0.1) is 11.3 Å². The Morgan fingerprint density at radius 2 is 1.88 bits per heavy atom. The van der Waals surface area contributed by atoms with Crippen LogP contribution in [-0.2, 0) is 12.7 Å². The van der Waals surface area contributed by atoms with Gasteiger partial charge in [-0.25, -0.2) is 9.78 Å². The van der Waals surface area contributed by atoms with E-state index in [0.29, 0.717) is 28.5 Å². The molecule has 2 heterocycles. The fourth-order valence-electron chi connectivity index (χ4n) is 2.45. The van der Waals surface area contributed by atoms with E-state index >= 15 is 0 Å². The molecule has 0 bridgehead atoms. The lowest BCUT2D eigenvalue weighted by molar-refractivity contribution is -0.137. The van der Waals surface area contributed by atoms with Crippen molar-refractivity contribution in [1.29, 1.82) is 0 Å². The molecule has 0 spiro atoms. The largest absolute Gasteiger partial charge is 0.477 e. The third-order valence-electron chi connectivity index (χ3n) is 3.80. The minimum absolute atomic E-state index is 0.162. The monoisotopic (exact) mass is 381 g/mol. The number of aryl methyl sites for hydroxylation is 2.